The van der Waals surface area contributed by atoms with Crippen LogP contribution in [0.2, 0.25) is 0 Å². The lowest BCUT2D eigenvalue weighted by atomic mass is 10.1. The van der Waals surface area contributed by atoms with Crippen molar-refractivity contribution in [3.63, 3.8) is 0 Å². The number of benzene rings is 2. The summed E-state index contributed by atoms with van der Waals surface area (Å²) in [5, 5.41) is 0. The number of sulfonamides is 1. The molecule has 4 heteroatoms. The lowest BCUT2D eigenvalue weighted by Gasteiger charge is -2.15. The highest BCUT2D eigenvalue weighted by molar-refractivity contribution is 7.89. The zero-order valence-corrected chi connectivity index (χ0v) is 12.7. The van der Waals surface area contributed by atoms with Crippen LogP contribution in [0.1, 0.15) is 29.7 Å². The molecule has 0 aromatic heterocycles. The molecule has 0 radical (unpaired) electrons. The van der Waals surface area contributed by atoms with E-state index in [1.165, 1.54) is 0 Å². The van der Waals surface area contributed by atoms with E-state index in [4.69, 9.17) is 0 Å². The van der Waals surface area contributed by atoms with Gasteiger partial charge < -0.3 is 0 Å². The third kappa shape index (κ3) is 3.26. The lowest BCUT2D eigenvalue weighted by Crippen LogP contribution is -2.27. The first-order valence-corrected chi connectivity index (χ1v) is 8.03. The van der Waals surface area contributed by atoms with Gasteiger partial charge in [0.05, 0.1) is 4.90 Å². The lowest BCUT2D eigenvalue weighted by molar-refractivity contribution is 0.567. The highest BCUT2D eigenvalue weighted by Crippen LogP contribution is 2.18. The summed E-state index contributed by atoms with van der Waals surface area (Å²) in [6.07, 6.45) is 0. The summed E-state index contributed by atoms with van der Waals surface area (Å²) in [6, 6.07) is 14.4. The predicted molar refractivity (Wildman–Crippen MR) is 81.1 cm³/mol. The molecule has 0 aliphatic carbocycles. The Morgan fingerprint density at radius 3 is 2.20 bits per heavy atom. The average molecular weight is 289 g/mol. The van der Waals surface area contributed by atoms with Crippen LogP contribution in [-0.2, 0) is 10.0 Å². The Hall–Kier alpha value is -1.65. The van der Waals surface area contributed by atoms with E-state index in [1.807, 2.05) is 57.2 Å². The van der Waals surface area contributed by atoms with Gasteiger partial charge in [-0.25, -0.2) is 13.1 Å². The maximum absolute atomic E-state index is 12.4. The second kappa shape index (κ2) is 5.77. The van der Waals surface area contributed by atoms with Crippen molar-refractivity contribution in [2.75, 3.05) is 0 Å². The molecule has 2 aromatic rings. The Kier molecular flexibility index (Phi) is 4.26. The first-order valence-electron chi connectivity index (χ1n) is 6.54. The topological polar surface area (TPSA) is 46.2 Å². The van der Waals surface area contributed by atoms with E-state index in [9.17, 15) is 8.42 Å². The first kappa shape index (κ1) is 14.8. The molecule has 3 nitrogen and oxygen atoms in total. The van der Waals surface area contributed by atoms with Gasteiger partial charge in [0.1, 0.15) is 0 Å². The van der Waals surface area contributed by atoms with Crippen LogP contribution in [0.15, 0.2) is 53.4 Å². The minimum atomic E-state index is -3.50. The van der Waals surface area contributed by atoms with Gasteiger partial charge in [0.15, 0.2) is 0 Å². The molecule has 2 rings (SSSR count). The number of hydrogen-bond acceptors (Lipinski definition) is 2. The van der Waals surface area contributed by atoms with Gasteiger partial charge in [0, 0.05) is 6.04 Å². The van der Waals surface area contributed by atoms with Gasteiger partial charge in [0.2, 0.25) is 10.0 Å². The van der Waals surface area contributed by atoms with Crippen LogP contribution < -0.4 is 4.72 Å². The second-order valence-corrected chi connectivity index (χ2v) is 6.71. The first-order chi connectivity index (χ1) is 9.40. The third-order valence-electron chi connectivity index (χ3n) is 3.42. The van der Waals surface area contributed by atoms with Gasteiger partial charge >= 0.3 is 0 Å². The van der Waals surface area contributed by atoms with E-state index < -0.39 is 10.0 Å². The Labute approximate surface area is 120 Å². The van der Waals surface area contributed by atoms with Gasteiger partial charge in [-0.3, -0.25) is 0 Å². The van der Waals surface area contributed by atoms with Gasteiger partial charge in [-0.2, -0.15) is 0 Å². The van der Waals surface area contributed by atoms with Crippen LogP contribution in [-0.4, -0.2) is 8.42 Å². The largest absolute Gasteiger partial charge is 0.241 e. The minimum absolute atomic E-state index is 0.261. The van der Waals surface area contributed by atoms with Gasteiger partial charge in [-0.1, -0.05) is 36.4 Å². The molecule has 0 spiro atoms. The molecular formula is C16H19NO2S. The van der Waals surface area contributed by atoms with Crippen LogP contribution in [0.3, 0.4) is 0 Å². The van der Waals surface area contributed by atoms with Crippen LogP contribution >= 0.6 is 0 Å². The van der Waals surface area contributed by atoms with Gasteiger partial charge in [-0.15, -0.1) is 0 Å². The molecule has 0 aliphatic rings. The molecular weight excluding hydrogens is 270 g/mol. The minimum Gasteiger partial charge on any atom is -0.207 e. The fourth-order valence-corrected chi connectivity index (χ4v) is 3.31. The molecule has 0 saturated carbocycles. The molecule has 1 atom stereocenters. The normalized spacial score (nSPS) is 13.2. The summed E-state index contributed by atoms with van der Waals surface area (Å²) in [6.45, 7) is 5.72. The van der Waals surface area contributed by atoms with Crippen molar-refractivity contribution in [1.82, 2.24) is 4.72 Å². The zero-order chi connectivity index (χ0) is 14.8. The van der Waals surface area contributed by atoms with Crippen molar-refractivity contribution < 1.29 is 8.42 Å². The SMILES string of the molecule is Cc1ccc(S(=O)(=O)NC(C)c2ccccc2)cc1C. The maximum atomic E-state index is 12.4. The Bertz CT molecular complexity index is 694. The number of rotatable bonds is 4. The van der Waals surface area contributed by atoms with Crippen LogP contribution in [0.25, 0.3) is 0 Å². The molecule has 0 fully saturated rings. The molecule has 0 saturated heterocycles. The van der Waals surface area contributed by atoms with E-state index >= 15 is 0 Å². The van der Waals surface area contributed by atoms with Crippen molar-refractivity contribution in [1.29, 1.82) is 0 Å². The summed E-state index contributed by atoms with van der Waals surface area (Å²) in [4.78, 5) is 0.309. The quantitative estimate of drug-likeness (QED) is 0.938. The number of aryl methyl sites for hydroxylation is 2. The van der Waals surface area contributed by atoms with Crippen LogP contribution in [0.5, 0.6) is 0 Å². The summed E-state index contributed by atoms with van der Waals surface area (Å²) in [5.41, 5.74) is 3.00. The number of nitrogens with one attached hydrogen (secondary N) is 1. The Balaban J connectivity index is 2.25. The molecule has 0 bridgehead atoms. The van der Waals surface area contributed by atoms with E-state index in [-0.39, 0.29) is 6.04 Å². The highest BCUT2D eigenvalue weighted by atomic mass is 32.2. The average Bonchev–Trinajstić information content (AvgIpc) is 2.42. The summed E-state index contributed by atoms with van der Waals surface area (Å²) in [7, 11) is -3.50. The van der Waals surface area contributed by atoms with E-state index in [1.54, 1.807) is 12.1 Å². The van der Waals surface area contributed by atoms with Crippen molar-refractivity contribution in [2.24, 2.45) is 0 Å². The number of hydrogen-bond donors (Lipinski definition) is 1. The molecule has 0 aliphatic heterocycles. The molecule has 2 aromatic carbocycles. The zero-order valence-electron chi connectivity index (χ0n) is 11.9. The van der Waals surface area contributed by atoms with Gasteiger partial charge in [-0.05, 0) is 49.6 Å². The molecule has 1 N–H and O–H groups in total. The van der Waals surface area contributed by atoms with Crippen molar-refractivity contribution in [2.45, 2.75) is 31.7 Å². The van der Waals surface area contributed by atoms with Crippen molar-refractivity contribution >= 4 is 10.0 Å². The summed E-state index contributed by atoms with van der Waals surface area (Å²) >= 11 is 0. The smallest absolute Gasteiger partial charge is 0.207 e. The Morgan fingerprint density at radius 1 is 0.950 bits per heavy atom. The van der Waals surface area contributed by atoms with Crippen LogP contribution in [0.4, 0.5) is 0 Å². The van der Waals surface area contributed by atoms with E-state index in [2.05, 4.69) is 4.72 Å². The summed E-state index contributed by atoms with van der Waals surface area (Å²) in [5.74, 6) is 0. The third-order valence-corrected chi connectivity index (χ3v) is 4.96. The van der Waals surface area contributed by atoms with E-state index in [0.29, 0.717) is 4.90 Å². The van der Waals surface area contributed by atoms with Gasteiger partial charge in [0.25, 0.3) is 0 Å². The van der Waals surface area contributed by atoms with E-state index in [0.717, 1.165) is 16.7 Å². The molecule has 0 heterocycles. The van der Waals surface area contributed by atoms with Crippen LogP contribution in [0, 0.1) is 13.8 Å². The highest BCUT2D eigenvalue weighted by Gasteiger charge is 2.18. The second-order valence-electron chi connectivity index (χ2n) is 5.00. The Morgan fingerprint density at radius 2 is 1.60 bits per heavy atom. The fraction of sp³-hybridized carbons (Fsp3) is 0.250. The maximum Gasteiger partial charge on any atom is 0.241 e. The monoisotopic (exact) mass is 289 g/mol. The van der Waals surface area contributed by atoms with Crippen molar-refractivity contribution in [3.05, 3.63) is 65.2 Å². The molecule has 0 amide bonds. The fourth-order valence-electron chi connectivity index (χ4n) is 1.99. The van der Waals surface area contributed by atoms with Crippen molar-refractivity contribution in [3.8, 4) is 0 Å². The predicted octanol–water partition coefficient (Wildman–Crippen LogP) is 3.34. The molecule has 1 unspecified atom stereocenters. The standard InChI is InChI=1S/C16H19NO2S/c1-12-9-10-16(11-13(12)2)20(18,19)17-14(3)15-7-5-4-6-8-15/h4-11,14,17H,1-3H3. The molecule has 106 valence electrons. The molecule has 20 heavy (non-hydrogen) atoms. The summed E-state index contributed by atoms with van der Waals surface area (Å²) < 4.78 is 27.4.